The molecule has 2 rings (SSSR count). The average Bonchev–Trinajstić information content (AvgIpc) is 2.48. The summed E-state index contributed by atoms with van der Waals surface area (Å²) < 4.78 is 0. The molecule has 0 aromatic carbocycles. The predicted molar refractivity (Wildman–Crippen MR) is 89.9 cm³/mol. The smallest absolute Gasteiger partial charge is 0.134 e. The maximum Gasteiger partial charge on any atom is 0.134 e. The maximum atomic E-state index is 4.86. The van der Waals surface area contributed by atoms with Gasteiger partial charge in [-0.25, -0.2) is 9.97 Å². The Morgan fingerprint density at radius 3 is 2.43 bits per heavy atom. The van der Waals surface area contributed by atoms with Gasteiger partial charge in [-0.3, -0.25) is 0 Å². The van der Waals surface area contributed by atoms with Crippen LogP contribution >= 0.6 is 0 Å². The Morgan fingerprint density at radius 2 is 1.86 bits per heavy atom. The van der Waals surface area contributed by atoms with Crippen LogP contribution in [0.3, 0.4) is 0 Å². The molecule has 1 fully saturated rings. The van der Waals surface area contributed by atoms with Gasteiger partial charge in [-0.2, -0.15) is 0 Å². The van der Waals surface area contributed by atoms with Crippen LogP contribution in [0.5, 0.6) is 0 Å². The molecular formula is C18H31N3. The number of hydrogen-bond acceptors (Lipinski definition) is 3. The average molecular weight is 289 g/mol. The van der Waals surface area contributed by atoms with Crippen LogP contribution in [0.1, 0.15) is 89.6 Å². The number of rotatable bonds is 6. The molecule has 1 aliphatic carbocycles. The summed E-state index contributed by atoms with van der Waals surface area (Å²) in [6.07, 6.45) is 7.94. The zero-order valence-corrected chi connectivity index (χ0v) is 14.2. The highest BCUT2D eigenvalue weighted by Gasteiger charge is 2.24. The van der Waals surface area contributed by atoms with Gasteiger partial charge in [-0.1, -0.05) is 33.6 Å². The van der Waals surface area contributed by atoms with Gasteiger partial charge in [0.1, 0.15) is 11.6 Å². The van der Waals surface area contributed by atoms with Crippen LogP contribution in [0.4, 0.5) is 5.82 Å². The van der Waals surface area contributed by atoms with Crippen molar-refractivity contribution in [2.24, 2.45) is 5.92 Å². The molecule has 1 heterocycles. The third-order valence-corrected chi connectivity index (χ3v) is 4.62. The summed E-state index contributed by atoms with van der Waals surface area (Å²) >= 11 is 0. The first-order valence-electron chi connectivity index (χ1n) is 8.76. The maximum absolute atomic E-state index is 4.86. The van der Waals surface area contributed by atoms with Gasteiger partial charge in [-0.15, -0.1) is 0 Å². The Balaban J connectivity index is 2.11. The van der Waals surface area contributed by atoms with Crippen molar-refractivity contribution in [1.29, 1.82) is 0 Å². The summed E-state index contributed by atoms with van der Waals surface area (Å²) in [5.74, 6) is 4.04. The van der Waals surface area contributed by atoms with E-state index in [2.05, 4.69) is 39.1 Å². The molecule has 0 atom stereocenters. The first-order chi connectivity index (χ1) is 10.1. The van der Waals surface area contributed by atoms with E-state index in [0.717, 1.165) is 24.1 Å². The lowest BCUT2D eigenvalue weighted by Gasteiger charge is -2.28. The van der Waals surface area contributed by atoms with Crippen molar-refractivity contribution in [1.82, 2.24) is 9.97 Å². The van der Waals surface area contributed by atoms with Gasteiger partial charge < -0.3 is 5.32 Å². The Hall–Kier alpha value is -1.12. The van der Waals surface area contributed by atoms with Crippen molar-refractivity contribution in [3.63, 3.8) is 0 Å². The lowest BCUT2D eigenvalue weighted by molar-refractivity contribution is 0.302. The first kappa shape index (κ1) is 16.3. The van der Waals surface area contributed by atoms with Crippen molar-refractivity contribution in [2.75, 3.05) is 11.9 Å². The van der Waals surface area contributed by atoms with Crippen molar-refractivity contribution in [3.05, 3.63) is 17.6 Å². The molecule has 0 saturated heterocycles. The van der Waals surface area contributed by atoms with Crippen LogP contribution in [0.15, 0.2) is 6.07 Å². The van der Waals surface area contributed by atoms with Crippen molar-refractivity contribution < 1.29 is 0 Å². The van der Waals surface area contributed by atoms with Crippen LogP contribution in [0.2, 0.25) is 0 Å². The third kappa shape index (κ3) is 4.42. The quantitative estimate of drug-likeness (QED) is 0.791. The third-order valence-electron chi connectivity index (χ3n) is 4.62. The summed E-state index contributed by atoms with van der Waals surface area (Å²) in [4.78, 5) is 9.64. The molecule has 0 aliphatic heterocycles. The molecule has 1 aromatic rings. The van der Waals surface area contributed by atoms with E-state index in [1.165, 1.54) is 44.2 Å². The van der Waals surface area contributed by atoms with Gasteiger partial charge in [0.25, 0.3) is 0 Å². The number of aromatic nitrogens is 2. The minimum Gasteiger partial charge on any atom is -0.370 e. The van der Waals surface area contributed by atoms with Crippen molar-refractivity contribution >= 4 is 5.82 Å². The summed E-state index contributed by atoms with van der Waals surface area (Å²) in [7, 11) is 0. The van der Waals surface area contributed by atoms with Gasteiger partial charge in [0.2, 0.25) is 0 Å². The minimum atomic E-state index is 0.459. The Morgan fingerprint density at radius 1 is 1.14 bits per heavy atom. The summed E-state index contributed by atoms with van der Waals surface area (Å²) in [6.45, 7) is 9.74. The molecule has 0 unspecified atom stereocenters. The van der Waals surface area contributed by atoms with Crippen molar-refractivity contribution in [2.45, 2.75) is 78.1 Å². The van der Waals surface area contributed by atoms with E-state index in [4.69, 9.17) is 9.97 Å². The van der Waals surface area contributed by atoms with Gasteiger partial charge in [0, 0.05) is 24.2 Å². The van der Waals surface area contributed by atoms with Gasteiger partial charge in [0.15, 0.2) is 0 Å². The highest BCUT2D eigenvalue weighted by molar-refractivity contribution is 5.37. The first-order valence-corrected chi connectivity index (χ1v) is 8.76. The fourth-order valence-electron chi connectivity index (χ4n) is 3.35. The number of hydrogen-bond donors (Lipinski definition) is 1. The van der Waals surface area contributed by atoms with Crippen LogP contribution in [-0.2, 0) is 0 Å². The lowest BCUT2D eigenvalue weighted by atomic mass is 9.79. The molecule has 21 heavy (non-hydrogen) atoms. The van der Waals surface area contributed by atoms with E-state index in [1.807, 2.05) is 0 Å². The van der Waals surface area contributed by atoms with E-state index in [0.29, 0.717) is 11.8 Å². The minimum absolute atomic E-state index is 0.459. The van der Waals surface area contributed by atoms with Crippen LogP contribution in [0.25, 0.3) is 0 Å². The van der Waals surface area contributed by atoms with E-state index in [1.54, 1.807) is 0 Å². The molecule has 118 valence electrons. The Bertz CT molecular complexity index is 434. The summed E-state index contributed by atoms with van der Waals surface area (Å²) in [6, 6.07) is 2.11. The van der Waals surface area contributed by atoms with Crippen LogP contribution < -0.4 is 5.32 Å². The molecule has 1 aromatic heterocycles. The fourth-order valence-corrected chi connectivity index (χ4v) is 3.35. The summed E-state index contributed by atoms with van der Waals surface area (Å²) in [5.41, 5.74) is 1.17. The highest BCUT2D eigenvalue weighted by Crippen LogP contribution is 2.36. The predicted octanol–water partition coefficient (Wildman–Crippen LogP) is 5.11. The second-order valence-corrected chi connectivity index (χ2v) is 6.73. The SMILES string of the molecule is CCCC1CCC(c2nc(NCC)cc(C(C)C)n2)CC1. The Labute approximate surface area is 130 Å². The highest BCUT2D eigenvalue weighted by atomic mass is 15.0. The van der Waals surface area contributed by atoms with Gasteiger partial charge in [-0.05, 0) is 44.4 Å². The normalized spacial score (nSPS) is 22.5. The number of anilines is 1. The van der Waals surface area contributed by atoms with Crippen LogP contribution in [-0.4, -0.2) is 16.5 Å². The monoisotopic (exact) mass is 289 g/mol. The fraction of sp³-hybridized carbons (Fsp3) is 0.778. The van der Waals surface area contributed by atoms with Gasteiger partial charge in [0.05, 0.1) is 0 Å². The van der Waals surface area contributed by atoms with E-state index in [-0.39, 0.29) is 0 Å². The molecule has 0 radical (unpaired) electrons. The topological polar surface area (TPSA) is 37.8 Å². The standard InChI is InChI=1S/C18H31N3/c1-5-7-14-8-10-15(11-9-14)18-20-16(13(3)4)12-17(21-18)19-6-2/h12-15H,5-11H2,1-4H3,(H,19,20,21). The molecule has 1 N–H and O–H groups in total. The molecule has 1 aliphatic rings. The Kier molecular flexibility index (Phi) is 6.01. The molecule has 0 spiro atoms. The number of nitrogens with zero attached hydrogens (tertiary/aromatic N) is 2. The molecule has 3 heteroatoms. The second kappa shape index (κ2) is 7.77. The molecule has 3 nitrogen and oxygen atoms in total. The zero-order valence-electron chi connectivity index (χ0n) is 14.2. The van der Waals surface area contributed by atoms with Gasteiger partial charge >= 0.3 is 0 Å². The molecule has 0 bridgehead atoms. The van der Waals surface area contributed by atoms with Crippen LogP contribution in [0, 0.1) is 5.92 Å². The van der Waals surface area contributed by atoms with E-state index in [9.17, 15) is 0 Å². The zero-order chi connectivity index (χ0) is 15.2. The lowest BCUT2D eigenvalue weighted by Crippen LogP contribution is -2.17. The molecular weight excluding hydrogens is 258 g/mol. The summed E-state index contributed by atoms with van der Waals surface area (Å²) in [5, 5.41) is 3.36. The van der Waals surface area contributed by atoms with Crippen molar-refractivity contribution in [3.8, 4) is 0 Å². The largest absolute Gasteiger partial charge is 0.370 e. The van der Waals surface area contributed by atoms with E-state index >= 15 is 0 Å². The second-order valence-electron chi connectivity index (χ2n) is 6.73. The molecule has 1 saturated carbocycles. The molecule has 0 amide bonds. The number of nitrogens with one attached hydrogen (secondary N) is 1. The van der Waals surface area contributed by atoms with E-state index < -0.39 is 0 Å².